The molecule has 0 aliphatic heterocycles. The van der Waals surface area contributed by atoms with Gasteiger partial charge in [0, 0.05) is 12.7 Å². The fourth-order valence-electron chi connectivity index (χ4n) is 3.07. The van der Waals surface area contributed by atoms with E-state index in [9.17, 15) is 9.59 Å². The van der Waals surface area contributed by atoms with Gasteiger partial charge >= 0.3 is 0 Å². The molecule has 0 unspecified atom stereocenters. The third-order valence-electron chi connectivity index (χ3n) is 4.47. The molecular weight excluding hydrogens is 352 g/mol. The Labute approximate surface area is 164 Å². The number of carbonyl (C=O) groups excluding carboxylic acids is 2. The van der Waals surface area contributed by atoms with Gasteiger partial charge in [0.05, 0.1) is 30.5 Å². The number of aromatic nitrogens is 2. The van der Waals surface area contributed by atoms with Crippen molar-refractivity contribution in [3.05, 3.63) is 83.7 Å². The number of amides is 2. The molecule has 1 N–H and O–H groups in total. The summed E-state index contributed by atoms with van der Waals surface area (Å²) in [4.78, 5) is 26.5. The Balaban J connectivity index is 1.68. The first-order chi connectivity index (χ1) is 13.6. The number of anilines is 1. The summed E-state index contributed by atoms with van der Waals surface area (Å²) in [5, 5.41) is 7.19. The van der Waals surface area contributed by atoms with Crippen molar-refractivity contribution in [2.75, 3.05) is 18.9 Å². The highest BCUT2D eigenvalue weighted by Crippen LogP contribution is 2.14. The molecule has 6 heteroatoms. The van der Waals surface area contributed by atoms with Crippen LogP contribution in [0.3, 0.4) is 0 Å². The first-order valence-corrected chi connectivity index (χ1v) is 9.27. The maximum atomic E-state index is 12.9. The number of benzene rings is 2. The van der Waals surface area contributed by atoms with Crippen LogP contribution in [0.1, 0.15) is 28.5 Å². The molecule has 0 atom stereocenters. The predicted molar refractivity (Wildman–Crippen MR) is 109 cm³/mol. The first kappa shape index (κ1) is 19.4. The van der Waals surface area contributed by atoms with Gasteiger partial charge in [0.2, 0.25) is 5.91 Å². The zero-order valence-corrected chi connectivity index (χ0v) is 16.1. The smallest absolute Gasteiger partial charge is 0.257 e. The lowest BCUT2D eigenvalue weighted by Gasteiger charge is -2.17. The van der Waals surface area contributed by atoms with Crippen LogP contribution in [-0.4, -0.2) is 40.1 Å². The molecule has 1 heterocycles. The van der Waals surface area contributed by atoms with Crippen molar-refractivity contribution < 1.29 is 9.59 Å². The van der Waals surface area contributed by atoms with Gasteiger partial charge in [0.25, 0.3) is 5.91 Å². The monoisotopic (exact) mass is 376 g/mol. The minimum Gasteiger partial charge on any atom is -0.332 e. The van der Waals surface area contributed by atoms with Crippen LogP contribution in [-0.2, 0) is 17.8 Å². The fraction of sp³-hybridized carbons (Fsp3) is 0.227. The standard InChI is InChI=1S/C22H24N4O2/c1-3-20-19(14-23-26(20)15-17-10-6-4-7-11-17)22(28)25(2)16-21(27)24-18-12-8-5-9-13-18/h4-14H,3,15-16H2,1-2H3,(H,24,27). The van der Waals surface area contributed by atoms with Crippen LogP contribution in [0.2, 0.25) is 0 Å². The van der Waals surface area contributed by atoms with E-state index in [2.05, 4.69) is 10.4 Å². The van der Waals surface area contributed by atoms with Gasteiger partial charge in [-0.2, -0.15) is 5.10 Å². The van der Waals surface area contributed by atoms with Gasteiger partial charge in [0.15, 0.2) is 0 Å². The van der Waals surface area contributed by atoms with Gasteiger partial charge in [0.1, 0.15) is 0 Å². The zero-order valence-electron chi connectivity index (χ0n) is 16.1. The minimum absolute atomic E-state index is 0.0270. The van der Waals surface area contributed by atoms with E-state index >= 15 is 0 Å². The quantitative estimate of drug-likeness (QED) is 0.689. The van der Waals surface area contributed by atoms with Crippen molar-refractivity contribution in [2.24, 2.45) is 0 Å². The van der Waals surface area contributed by atoms with E-state index < -0.39 is 0 Å². The molecule has 0 aliphatic carbocycles. The van der Waals surface area contributed by atoms with Crippen molar-refractivity contribution in [3.8, 4) is 0 Å². The lowest BCUT2D eigenvalue weighted by Crippen LogP contribution is -2.35. The van der Waals surface area contributed by atoms with E-state index in [4.69, 9.17) is 0 Å². The van der Waals surface area contributed by atoms with Crippen molar-refractivity contribution in [1.82, 2.24) is 14.7 Å². The van der Waals surface area contributed by atoms with Crippen LogP contribution in [0.4, 0.5) is 5.69 Å². The van der Waals surface area contributed by atoms with E-state index in [0.717, 1.165) is 11.3 Å². The SMILES string of the molecule is CCc1c(C(=O)N(C)CC(=O)Nc2ccccc2)cnn1Cc1ccccc1. The molecule has 0 saturated carbocycles. The maximum Gasteiger partial charge on any atom is 0.257 e. The van der Waals surface area contributed by atoms with Crippen LogP contribution in [0.25, 0.3) is 0 Å². The van der Waals surface area contributed by atoms with E-state index in [0.29, 0.717) is 24.2 Å². The Bertz CT molecular complexity index is 936. The molecule has 0 saturated heterocycles. The molecule has 2 aromatic carbocycles. The summed E-state index contributed by atoms with van der Waals surface area (Å²) < 4.78 is 1.85. The van der Waals surface area contributed by atoms with Crippen molar-refractivity contribution >= 4 is 17.5 Å². The molecule has 0 spiro atoms. The van der Waals surface area contributed by atoms with E-state index in [-0.39, 0.29) is 18.4 Å². The number of hydrogen-bond donors (Lipinski definition) is 1. The summed E-state index contributed by atoms with van der Waals surface area (Å²) >= 11 is 0. The van der Waals surface area contributed by atoms with Gasteiger partial charge in [-0.25, -0.2) is 0 Å². The van der Waals surface area contributed by atoms with E-state index in [1.165, 1.54) is 4.90 Å². The zero-order chi connectivity index (χ0) is 19.9. The molecule has 2 amide bonds. The molecule has 144 valence electrons. The lowest BCUT2D eigenvalue weighted by molar-refractivity contribution is -0.116. The van der Waals surface area contributed by atoms with Gasteiger partial charge in [-0.15, -0.1) is 0 Å². The van der Waals surface area contributed by atoms with Crippen LogP contribution >= 0.6 is 0 Å². The average Bonchev–Trinajstić information content (AvgIpc) is 3.11. The molecule has 6 nitrogen and oxygen atoms in total. The molecule has 0 fully saturated rings. The molecule has 3 aromatic rings. The molecule has 0 aliphatic rings. The highest BCUT2D eigenvalue weighted by atomic mass is 16.2. The molecule has 3 rings (SSSR count). The number of nitrogens with zero attached hydrogens (tertiary/aromatic N) is 3. The Morgan fingerprint density at radius 3 is 2.32 bits per heavy atom. The fourth-order valence-corrected chi connectivity index (χ4v) is 3.07. The van der Waals surface area contributed by atoms with Crippen LogP contribution in [0, 0.1) is 0 Å². The van der Waals surface area contributed by atoms with Crippen molar-refractivity contribution in [2.45, 2.75) is 19.9 Å². The summed E-state index contributed by atoms with van der Waals surface area (Å²) in [5.74, 6) is -0.448. The van der Waals surface area contributed by atoms with Crippen molar-refractivity contribution in [3.63, 3.8) is 0 Å². The number of likely N-dealkylation sites (N-methyl/N-ethyl adjacent to an activating group) is 1. The third kappa shape index (κ3) is 4.65. The Morgan fingerprint density at radius 1 is 1.04 bits per heavy atom. The molecule has 0 radical (unpaired) electrons. The normalized spacial score (nSPS) is 10.5. The number of nitrogens with one attached hydrogen (secondary N) is 1. The van der Waals surface area contributed by atoms with Crippen molar-refractivity contribution in [1.29, 1.82) is 0 Å². The summed E-state index contributed by atoms with van der Waals surface area (Å²) in [5.41, 5.74) is 3.23. The highest BCUT2D eigenvalue weighted by Gasteiger charge is 2.21. The van der Waals surface area contributed by atoms with Crippen LogP contribution < -0.4 is 5.32 Å². The lowest BCUT2D eigenvalue weighted by atomic mass is 10.1. The van der Waals surface area contributed by atoms with Gasteiger partial charge in [-0.1, -0.05) is 55.5 Å². The summed E-state index contributed by atoms with van der Waals surface area (Å²) in [6.07, 6.45) is 2.27. The minimum atomic E-state index is -0.239. The first-order valence-electron chi connectivity index (χ1n) is 9.27. The molecule has 28 heavy (non-hydrogen) atoms. The number of para-hydroxylation sites is 1. The van der Waals surface area contributed by atoms with Crippen LogP contribution in [0.5, 0.6) is 0 Å². The second-order valence-corrected chi connectivity index (χ2v) is 6.58. The van der Waals surface area contributed by atoms with E-state index in [1.807, 2.05) is 72.3 Å². The van der Waals surface area contributed by atoms with Gasteiger partial charge in [-0.05, 0) is 24.1 Å². The summed E-state index contributed by atoms with van der Waals surface area (Å²) in [7, 11) is 1.63. The average molecular weight is 376 g/mol. The Hall–Kier alpha value is -3.41. The highest BCUT2D eigenvalue weighted by molar-refractivity contribution is 5.99. The Morgan fingerprint density at radius 2 is 1.68 bits per heavy atom. The third-order valence-corrected chi connectivity index (χ3v) is 4.47. The predicted octanol–water partition coefficient (Wildman–Crippen LogP) is 3.20. The summed E-state index contributed by atoms with van der Waals surface area (Å²) in [6, 6.07) is 19.2. The second-order valence-electron chi connectivity index (χ2n) is 6.58. The number of hydrogen-bond acceptors (Lipinski definition) is 3. The summed E-state index contributed by atoms with van der Waals surface area (Å²) in [6.45, 7) is 2.58. The second kappa shape index (κ2) is 8.99. The van der Waals surface area contributed by atoms with Gasteiger partial charge in [-0.3, -0.25) is 14.3 Å². The number of carbonyl (C=O) groups is 2. The molecule has 1 aromatic heterocycles. The molecule has 0 bridgehead atoms. The maximum absolute atomic E-state index is 12.9. The van der Waals surface area contributed by atoms with E-state index in [1.54, 1.807) is 13.2 Å². The topological polar surface area (TPSA) is 67.2 Å². The Kier molecular flexibility index (Phi) is 6.22. The van der Waals surface area contributed by atoms with Crippen LogP contribution in [0.15, 0.2) is 66.9 Å². The molecular formula is C22H24N4O2. The number of rotatable bonds is 7. The van der Waals surface area contributed by atoms with Gasteiger partial charge < -0.3 is 10.2 Å². The largest absolute Gasteiger partial charge is 0.332 e.